The third-order valence-electron chi connectivity index (χ3n) is 2.56. The van der Waals surface area contributed by atoms with Crippen molar-refractivity contribution in [2.45, 2.75) is 26.2 Å². The molecule has 5 nitrogen and oxygen atoms in total. The van der Waals surface area contributed by atoms with Gasteiger partial charge in [0, 0.05) is 30.1 Å². The van der Waals surface area contributed by atoms with Crippen LogP contribution in [0.1, 0.15) is 31.2 Å². The first-order chi connectivity index (χ1) is 9.29. The van der Waals surface area contributed by atoms with Crippen LogP contribution in [0.4, 0.5) is 5.82 Å². The Bertz CT molecular complexity index is 489. The van der Waals surface area contributed by atoms with Gasteiger partial charge in [0.1, 0.15) is 12.1 Å². The highest BCUT2D eigenvalue weighted by atomic mass is 32.1. The number of anilines is 1. The van der Waals surface area contributed by atoms with E-state index in [1.807, 2.05) is 17.6 Å². The molecule has 0 saturated heterocycles. The van der Waals surface area contributed by atoms with E-state index in [2.05, 4.69) is 34.1 Å². The van der Waals surface area contributed by atoms with E-state index in [1.165, 1.54) is 6.33 Å². The molecule has 0 aliphatic rings. The van der Waals surface area contributed by atoms with Gasteiger partial charge >= 0.3 is 0 Å². The zero-order valence-electron chi connectivity index (χ0n) is 11.2. The van der Waals surface area contributed by atoms with Crippen molar-refractivity contribution in [1.29, 1.82) is 0 Å². The Kier molecular flexibility index (Phi) is 5.09. The monoisotopic (exact) mass is 278 g/mol. The Balaban J connectivity index is 1.88. The van der Waals surface area contributed by atoms with Crippen molar-refractivity contribution >= 4 is 17.2 Å². The summed E-state index contributed by atoms with van der Waals surface area (Å²) in [4.78, 5) is 12.6. The maximum atomic E-state index is 5.47. The predicted molar refractivity (Wildman–Crippen MR) is 76.8 cm³/mol. The maximum Gasteiger partial charge on any atom is 0.218 e. The second-order valence-corrected chi connectivity index (χ2v) is 5.17. The predicted octanol–water partition coefficient (Wildman–Crippen LogP) is 2.94. The Morgan fingerprint density at radius 3 is 3.00 bits per heavy atom. The molecule has 6 heteroatoms. The van der Waals surface area contributed by atoms with Crippen molar-refractivity contribution in [2.24, 2.45) is 0 Å². The Labute approximate surface area is 117 Å². The lowest BCUT2D eigenvalue weighted by molar-refractivity contribution is 0.305. The molecule has 19 heavy (non-hydrogen) atoms. The number of hydrogen-bond acceptors (Lipinski definition) is 6. The van der Waals surface area contributed by atoms with Gasteiger partial charge in [-0.25, -0.2) is 15.0 Å². The first-order valence-electron chi connectivity index (χ1n) is 6.37. The zero-order valence-corrected chi connectivity index (χ0v) is 12.0. The summed E-state index contributed by atoms with van der Waals surface area (Å²) < 4.78 is 5.47. The SMILES string of the molecule is CCCOc1cc(NCC(C)c2nccs2)ncn1. The van der Waals surface area contributed by atoms with Crippen LogP contribution in [0.25, 0.3) is 0 Å². The van der Waals surface area contributed by atoms with Crippen LogP contribution in [0.3, 0.4) is 0 Å². The summed E-state index contributed by atoms with van der Waals surface area (Å²) in [5.74, 6) is 1.75. The van der Waals surface area contributed by atoms with E-state index >= 15 is 0 Å². The minimum Gasteiger partial charge on any atom is -0.478 e. The smallest absolute Gasteiger partial charge is 0.218 e. The lowest BCUT2D eigenvalue weighted by Gasteiger charge is -2.11. The maximum absolute atomic E-state index is 5.47. The third-order valence-corrected chi connectivity index (χ3v) is 3.57. The third kappa shape index (κ3) is 4.17. The lowest BCUT2D eigenvalue weighted by Crippen LogP contribution is -2.11. The molecule has 102 valence electrons. The average Bonchev–Trinajstić information content (AvgIpc) is 2.97. The van der Waals surface area contributed by atoms with Crippen molar-refractivity contribution in [2.75, 3.05) is 18.5 Å². The summed E-state index contributed by atoms with van der Waals surface area (Å²) in [5, 5.41) is 6.41. The molecule has 2 aromatic rings. The highest BCUT2D eigenvalue weighted by Gasteiger charge is 2.08. The normalized spacial score (nSPS) is 12.1. The van der Waals surface area contributed by atoms with E-state index in [1.54, 1.807) is 11.3 Å². The summed E-state index contributed by atoms with van der Waals surface area (Å²) in [5.41, 5.74) is 0. The van der Waals surface area contributed by atoms with E-state index in [4.69, 9.17) is 4.74 Å². The van der Waals surface area contributed by atoms with Crippen LogP contribution in [0.15, 0.2) is 24.0 Å². The number of aromatic nitrogens is 3. The summed E-state index contributed by atoms with van der Waals surface area (Å²) in [6.45, 7) is 5.67. The Hall–Kier alpha value is -1.69. The molecule has 0 aliphatic carbocycles. The van der Waals surface area contributed by atoms with Gasteiger partial charge in [0.25, 0.3) is 0 Å². The standard InChI is InChI=1S/C13H18N4OS/c1-3-5-18-12-7-11(16-9-17-12)15-8-10(2)13-14-4-6-19-13/h4,6-7,9-10H,3,5,8H2,1-2H3,(H,15,16,17). The second kappa shape index (κ2) is 7.04. The molecule has 0 spiro atoms. The van der Waals surface area contributed by atoms with Gasteiger partial charge in [-0.15, -0.1) is 11.3 Å². The van der Waals surface area contributed by atoms with Crippen LogP contribution in [-0.2, 0) is 0 Å². The molecule has 1 unspecified atom stereocenters. The van der Waals surface area contributed by atoms with Crippen molar-refractivity contribution in [3.8, 4) is 5.88 Å². The quantitative estimate of drug-likeness (QED) is 0.843. The topological polar surface area (TPSA) is 59.9 Å². The molecule has 2 aromatic heterocycles. The van der Waals surface area contributed by atoms with E-state index in [0.29, 0.717) is 18.4 Å². The molecular formula is C13H18N4OS. The molecule has 0 fully saturated rings. The van der Waals surface area contributed by atoms with Gasteiger partial charge in [0.15, 0.2) is 0 Å². The lowest BCUT2D eigenvalue weighted by atomic mass is 10.2. The molecule has 0 aliphatic heterocycles. The zero-order chi connectivity index (χ0) is 13.5. The first-order valence-corrected chi connectivity index (χ1v) is 7.25. The summed E-state index contributed by atoms with van der Waals surface area (Å²) >= 11 is 1.67. The van der Waals surface area contributed by atoms with Crippen molar-refractivity contribution in [3.63, 3.8) is 0 Å². The molecule has 0 amide bonds. The van der Waals surface area contributed by atoms with Crippen LogP contribution in [0.2, 0.25) is 0 Å². The molecule has 0 aromatic carbocycles. The van der Waals surface area contributed by atoms with E-state index in [9.17, 15) is 0 Å². The van der Waals surface area contributed by atoms with Crippen molar-refractivity contribution in [3.05, 3.63) is 29.0 Å². The Morgan fingerprint density at radius 1 is 1.37 bits per heavy atom. The highest BCUT2D eigenvalue weighted by Crippen LogP contribution is 2.18. The van der Waals surface area contributed by atoms with Crippen molar-refractivity contribution < 1.29 is 4.74 Å². The Morgan fingerprint density at radius 2 is 2.26 bits per heavy atom. The van der Waals surface area contributed by atoms with E-state index in [0.717, 1.165) is 23.8 Å². The van der Waals surface area contributed by atoms with Gasteiger partial charge in [0.05, 0.1) is 11.6 Å². The fourth-order valence-corrected chi connectivity index (χ4v) is 2.24. The number of hydrogen-bond donors (Lipinski definition) is 1. The largest absolute Gasteiger partial charge is 0.478 e. The molecule has 1 atom stereocenters. The molecule has 0 saturated carbocycles. The van der Waals surface area contributed by atoms with Gasteiger partial charge in [-0.05, 0) is 6.42 Å². The fourth-order valence-electron chi connectivity index (χ4n) is 1.54. The molecule has 2 rings (SSSR count). The van der Waals surface area contributed by atoms with Gasteiger partial charge in [0.2, 0.25) is 5.88 Å². The summed E-state index contributed by atoms with van der Waals surface area (Å²) in [7, 11) is 0. The minimum absolute atomic E-state index is 0.356. The fraction of sp³-hybridized carbons (Fsp3) is 0.462. The molecule has 0 bridgehead atoms. The van der Waals surface area contributed by atoms with Crippen LogP contribution in [0.5, 0.6) is 5.88 Å². The van der Waals surface area contributed by atoms with Gasteiger partial charge < -0.3 is 10.1 Å². The van der Waals surface area contributed by atoms with Gasteiger partial charge in [-0.2, -0.15) is 0 Å². The van der Waals surface area contributed by atoms with E-state index in [-0.39, 0.29) is 0 Å². The number of thiazole rings is 1. The number of ether oxygens (including phenoxy) is 1. The van der Waals surface area contributed by atoms with Crippen LogP contribution in [0, 0.1) is 0 Å². The van der Waals surface area contributed by atoms with Gasteiger partial charge in [-0.3, -0.25) is 0 Å². The van der Waals surface area contributed by atoms with E-state index < -0.39 is 0 Å². The first kappa shape index (κ1) is 13.7. The second-order valence-electron chi connectivity index (χ2n) is 4.24. The average molecular weight is 278 g/mol. The minimum atomic E-state index is 0.356. The summed E-state index contributed by atoms with van der Waals surface area (Å²) in [6, 6.07) is 1.82. The van der Waals surface area contributed by atoms with Crippen LogP contribution in [-0.4, -0.2) is 28.1 Å². The molecule has 0 radical (unpaired) electrons. The number of nitrogens with zero attached hydrogens (tertiary/aromatic N) is 3. The number of rotatable bonds is 7. The number of nitrogens with one attached hydrogen (secondary N) is 1. The highest BCUT2D eigenvalue weighted by molar-refractivity contribution is 7.09. The summed E-state index contributed by atoms with van der Waals surface area (Å²) in [6.07, 6.45) is 4.31. The van der Waals surface area contributed by atoms with Crippen LogP contribution < -0.4 is 10.1 Å². The van der Waals surface area contributed by atoms with Crippen LogP contribution >= 0.6 is 11.3 Å². The van der Waals surface area contributed by atoms with Crippen molar-refractivity contribution in [1.82, 2.24) is 15.0 Å². The molecule has 1 N–H and O–H groups in total. The molecular weight excluding hydrogens is 260 g/mol. The molecule has 2 heterocycles. The van der Waals surface area contributed by atoms with Gasteiger partial charge in [-0.1, -0.05) is 13.8 Å².